The van der Waals surface area contributed by atoms with Crippen LogP contribution in [0.25, 0.3) is 0 Å². The lowest BCUT2D eigenvalue weighted by Gasteiger charge is -2.05. The number of nitro groups is 1. The van der Waals surface area contributed by atoms with Crippen molar-refractivity contribution in [1.29, 1.82) is 0 Å². The SMILES string of the molecule is O=[N+]([O-])c1ccc(Sc2ccc(Br)cc2)cc1CO. The first-order valence-corrected chi connectivity index (χ1v) is 7.02. The van der Waals surface area contributed by atoms with Gasteiger partial charge in [-0.3, -0.25) is 10.1 Å². The van der Waals surface area contributed by atoms with Crippen LogP contribution in [0.1, 0.15) is 5.56 Å². The highest BCUT2D eigenvalue weighted by Gasteiger charge is 2.13. The Morgan fingerprint density at radius 2 is 1.79 bits per heavy atom. The van der Waals surface area contributed by atoms with Gasteiger partial charge in [0.1, 0.15) is 0 Å². The van der Waals surface area contributed by atoms with Gasteiger partial charge in [0.15, 0.2) is 0 Å². The average molecular weight is 340 g/mol. The number of nitrogens with zero attached hydrogens (tertiary/aromatic N) is 1. The highest BCUT2D eigenvalue weighted by atomic mass is 79.9. The van der Waals surface area contributed by atoms with Gasteiger partial charge in [0.25, 0.3) is 5.69 Å². The molecule has 19 heavy (non-hydrogen) atoms. The van der Waals surface area contributed by atoms with Gasteiger partial charge in [-0.2, -0.15) is 0 Å². The van der Waals surface area contributed by atoms with E-state index in [1.165, 1.54) is 17.8 Å². The zero-order chi connectivity index (χ0) is 13.8. The minimum Gasteiger partial charge on any atom is -0.391 e. The van der Waals surface area contributed by atoms with E-state index in [1.54, 1.807) is 12.1 Å². The summed E-state index contributed by atoms with van der Waals surface area (Å²) >= 11 is 4.85. The molecule has 0 aliphatic carbocycles. The van der Waals surface area contributed by atoms with E-state index in [2.05, 4.69) is 15.9 Å². The Morgan fingerprint density at radius 1 is 1.16 bits per heavy atom. The van der Waals surface area contributed by atoms with E-state index in [9.17, 15) is 15.2 Å². The molecule has 0 heterocycles. The van der Waals surface area contributed by atoms with Crippen molar-refractivity contribution in [3.05, 3.63) is 62.6 Å². The molecular weight excluding hydrogens is 330 g/mol. The summed E-state index contributed by atoms with van der Waals surface area (Å²) in [6, 6.07) is 12.5. The van der Waals surface area contributed by atoms with Gasteiger partial charge in [0, 0.05) is 20.3 Å². The summed E-state index contributed by atoms with van der Waals surface area (Å²) in [5.41, 5.74) is 0.273. The lowest BCUT2D eigenvalue weighted by Crippen LogP contribution is -1.95. The molecule has 0 amide bonds. The Bertz CT molecular complexity index is 601. The second-order valence-electron chi connectivity index (χ2n) is 3.76. The van der Waals surface area contributed by atoms with Crippen molar-refractivity contribution in [3.8, 4) is 0 Å². The van der Waals surface area contributed by atoms with E-state index >= 15 is 0 Å². The quantitative estimate of drug-likeness (QED) is 0.675. The normalized spacial score (nSPS) is 10.4. The summed E-state index contributed by atoms with van der Waals surface area (Å²) in [5, 5.41) is 19.9. The van der Waals surface area contributed by atoms with Gasteiger partial charge in [-0.25, -0.2) is 0 Å². The summed E-state index contributed by atoms with van der Waals surface area (Å²) in [7, 11) is 0. The number of hydrogen-bond acceptors (Lipinski definition) is 4. The van der Waals surface area contributed by atoms with E-state index in [1.807, 2.05) is 24.3 Å². The van der Waals surface area contributed by atoms with Crippen LogP contribution in [0.4, 0.5) is 5.69 Å². The molecule has 4 nitrogen and oxygen atoms in total. The molecule has 6 heteroatoms. The maximum absolute atomic E-state index is 10.8. The molecular formula is C13H10BrNO3S. The number of nitro benzene ring substituents is 1. The van der Waals surface area contributed by atoms with Gasteiger partial charge in [0.05, 0.1) is 17.1 Å². The summed E-state index contributed by atoms with van der Waals surface area (Å²) < 4.78 is 0.997. The van der Waals surface area contributed by atoms with Gasteiger partial charge >= 0.3 is 0 Å². The Labute approximate surface area is 122 Å². The number of halogens is 1. The van der Waals surface area contributed by atoms with E-state index < -0.39 is 4.92 Å². The first kappa shape index (κ1) is 14.0. The lowest BCUT2D eigenvalue weighted by atomic mass is 10.2. The molecule has 1 N–H and O–H groups in total. The summed E-state index contributed by atoms with van der Waals surface area (Å²) in [6.07, 6.45) is 0. The first-order chi connectivity index (χ1) is 9.10. The molecule has 0 aromatic heterocycles. The molecule has 0 saturated heterocycles. The van der Waals surface area contributed by atoms with Crippen LogP contribution in [0, 0.1) is 10.1 Å². The van der Waals surface area contributed by atoms with Crippen molar-refractivity contribution in [2.24, 2.45) is 0 Å². The standard InChI is InChI=1S/C13H10BrNO3S/c14-10-1-3-11(4-2-10)19-12-5-6-13(15(17)18)9(7-12)8-16/h1-7,16H,8H2. The summed E-state index contributed by atoms with van der Waals surface area (Å²) in [4.78, 5) is 12.2. The van der Waals surface area contributed by atoms with Crippen LogP contribution in [0.5, 0.6) is 0 Å². The molecule has 0 fully saturated rings. The number of hydrogen-bond donors (Lipinski definition) is 1. The summed E-state index contributed by atoms with van der Waals surface area (Å²) in [5.74, 6) is 0. The number of aliphatic hydroxyl groups is 1. The van der Waals surface area contributed by atoms with Crippen LogP contribution in [0.3, 0.4) is 0 Å². The monoisotopic (exact) mass is 339 g/mol. The molecule has 0 aliphatic rings. The van der Waals surface area contributed by atoms with Gasteiger partial charge in [-0.1, -0.05) is 27.7 Å². The van der Waals surface area contributed by atoms with Gasteiger partial charge in [0.2, 0.25) is 0 Å². The van der Waals surface area contributed by atoms with Crippen LogP contribution in [-0.2, 0) is 6.61 Å². The number of rotatable bonds is 4. The number of benzene rings is 2. The third-order valence-corrected chi connectivity index (χ3v) is 3.99. The van der Waals surface area contributed by atoms with Crippen molar-refractivity contribution in [1.82, 2.24) is 0 Å². The van der Waals surface area contributed by atoms with Crippen molar-refractivity contribution < 1.29 is 10.0 Å². The number of aliphatic hydroxyl groups excluding tert-OH is 1. The predicted molar refractivity (Wildman–Crippen MR) is 77.3 cm³/mol. The molecule has 0 radical (unpaired) electrons. The van der Waals surface area contributed by atoms with E-state index in [-0.39, 0.29) is 12.3 Å². The molecule has 2 rings (SSSR count). The molecule has 2 aromatic carbocycles. The van der Waals surface area contributed by atoms with E-state index in [0.29, 0.717) is 5.56 Å². The molecule has 0 aliphatic heterocycles. The van der Waals surface area contributed by atoms with Gasteiger partial charge in [-0.15, -0.1) is 0 Å². The second kappa shape index (κ2) is 6.18. The maximum atomic E-state index is 10.8. The van der Waals surface area contributed by atoms with Crippen LogP contribution in [-0.4, -0.2) is 10.0 Å². The Hall–Kier alpha value is -1.37. The topological polar surface area (TPSA) is 63.4 Å². The third-order valence-electron chi connectivity index (χ3n) is 2.47. The van der Waals surface area contributed by atoms with Crippen LogP contribution in [0.15, 0.2) is 56.7 Å². The minimum atomic E-state index is -0.486. The maximum Gasteiger partial charge on any atom is 0.274 e. The average Bonchev–Trinajstić information content (AvgIpc) is 2.41. The summed E-state index contributed by atoms with van der Waals surface area (Å²) in [6.45, 7) is -0.342. The largest absolute Gasteiger partial charge is 0.391 e. The molecule has 0 spiro atoms. The fourth-order valence-electron chi connectivity index (χ4n) is 1.57. The fraction of sp³-hybridized carbons (Fsp3) is 0.0769. The molecule has 0 unspecified atom stereocenters. The highest BCUT2D eigenvalue weighted by molar-refractivity contribution is 9.10. The van der Waals surface area contributed by atoms with Crippen LogP contribution in [0.2, 0.25) is 0 Å². The fourth-order valence-corrected chi connectivity index (χ4v) is 2.71. The molecule has 0 bridgehead atoms. The van der Waals surface area contributed by atoms with Crippen molar-refractivity contribution in [2.75, 3.05) is 0 Å². The van der Waals surface area contributed by atoms with Gasteiger partial charge < -0.3 is 5.11 Å². The first-order valence-electron chi connectivity index (χ1n) is 5.42. The second-order valence-corrected chi connectivity index (χ2v) is 5.82. The predicted octanol–water partition coefficient (Wildman–Crippen LogP) is 4.00. The van der Waals surface area contributed by atoms with Crippen molar-refractivity contribution in [3.63, 3.8) is 0 Å². The smallest absolute Gasteiger partial charge is 0.274 e. The van der Waals surface area contributed by atoms with Crippen molar-refractivity contribution >= 4 is 33.4 Å². The van der Waals surface area contributed by atoms with E-state index in [0.717, 1.165) is 14.3 Å². The molecule has 0 saturated carbocycles. The van der Waals surface area contributed by atoms with Crippen molar-refractivity contribution in [2.45, 2.75) is 16.4 Å². The minimum absolute atomic E-state index is 0.0531. The zero-order valence-electron chi connectivity index (χ0n) is 9.75. The van der Waals surface area contributed by atoms with E-state index in [4.69, 9.17) is 0 Å². The Morgan fingerprint density at radius 3 is 2.37 bits per heavy atom. The Balaban J connectivity index is 2.26. The highest BCUT2D eigenvalue weighted by Crippen LogP contribution is 2.31. The zero-order valence-corrected chi connectivity index (χ0v) is 12.1. The molecule has 2 aromatic rings. The third kappa shape index (κ3) is 3.56. The van der Waals surface area contributed by atoms with Crippen LogP contribution >= 0.6 is 27.7 Å². The Kier molecular flexibility index (Phi) is 4.57. The molecule has 98 valence electrons. The molecule has 0 atom stereocenters. The van der Waals surface area contributed by atoms with Crippen LogP contribution < -0.4 is 0 Å². The van der Waals surface area contributed by atoms with Gasteiger partial charge in [-0.05, 0) is 36.4 Å². The lowest BCUT2D eigenvalue weighted by molar-refractivity contribution is -0.385.